The highest BCUT2D eigenvalue weighted by atomic mass is 79.9. The van der Waals surface area contributed by atoms with Crippen molar-refractivity contribution >= 4 is 15.9 Å². The minimum atomic E-state index is 0.646. The van der Waals surface area contributed by atoms with Crippen LogP contribution in [0.1, 0.15) is 11.6 Å². The van der Waals surface area contributed by atoms with Crippen LogP contribution in [0.2, 0.25) is 0 Å². The second-order valence-corrected chi connectivity index (χ2v) is 4.14. The van der Waals surface area contributed by atoms with Crippen LogP contribution < -0.4 is 0 Å². The molecule has 0 bridgehead atoms. The molecule has 0 atom stereocenters. The molecule has 5 heteroatoms. The van der Waals surface area contributed by atoms with Crippen molar-refractivity contribution in [1.29, 1.82) is 0 Å². The van der Waals surface area contributed by atoms with Crippen LogP contribution in [0, 0.1) is 0 Å². The molecule has 0 unspecified atom stereocenters. The van der Waals surface area contributed by atoms with Crippen molar-refractivity contribution in [3.8, 4) is 5.69 Å². The molecule has 0 saturated heterocycles. The average Bonchev–Trinajstić information content (AvgIpc) is 2.80. The number of ether oxygens (including phenoxy) is 1. The predicted octanol–water partition coefficient (Wildman–Crippen LogP) is 2.35. The summed E-state index contributed by atoms with van der Waals surface area (Å²) in [5.74, 6) is 1.83. The lowest BCUT2D eigenvalue weighted by atomic mass is 10.3. The number of hydrogen-bond donors (Lipinski definition) is 0. The first-order chi connectivity index (χ1) is 8.36. The van der Waals surface area contributed by atoms with E-state index in [1.807, 2.05) is 30.3 Å². The molecule has 0 saturated carbocycles. The topological polar surface area (TPSA) is 39.9 Å². The quantitative estimate of drug-likeness (QED) is 0.795. The summed E-state index contributed by atoms with van der Waals surface area (Å²) in [6.45, 7) is 0.646. The Kier molecular flexibility index (Phi) is 4.28. The Balaban J connectivity index is 2.39. The fourth-order valence-corrected chi connectivity index (χ4v) is 2.03. The fourth-order valence-electron chi connectivity index (χ4n) is 1.67. The summed E-state index contributed by atoms with van der Waals surface area (Å²) >= 11 is 3.43. The number of rotatable bonds is 5. The van der Waals surface area contributed by atoms with Crippen LogP contribution in [0.5, 0.6) is 0 Å². The Morgan fingerprint density at radius 1 is 1.18 bits per heavy atom. The summed E-state index contributed by atoms with van der Waals surface area (Å²) in [5.41, 5.74) is 1.08. The van der Waals surface area contributed by atoms with Gasteiger partial charge in [0.05, 0.1) is 11.9 Å². The number of methoxy groups -OCH3 is 1. The maximum Gasteiger partial charge on any atom is 0.148 e. The zero-order chi connectivity index (χ0) is 12.1. The Morgan fingerprint density at radius 2 is 1.88 bits per heavy atom. The van der Waals surface area contributed by atoms with Gasteiger partial charge in [-0.3, -0.25) is 4.57 Å². The van der Waals surface area contributed by atoms with E-state index in [-0.39, 0.29) is 0 Å². The molecule has 0 amide bonds. The molecular formula is C12H14BrN3O. The van der Waals surface area contributed by atoms with Gasteiger partial charge in [0.1, 0.15) is 11.6 Å². The number of para-hydroxylation sites is 1. The SMILES string of the molecule is COCCc1nnc(CBr)n1-c1ccccc1. The van der Waals surface area contributed by atoms with E-state index in [2.05, 4.69) is 30.7 Å². The van der Waals surface area contributed by atoms with Gasteiger partial charge in [-0.2, -0.15) is 0 Å². The molecule has 2 rings (SSSR count). The minimum absolute atomic E-state index is 0.646. The first kappa shape index (κ1) is 12.3. The summed E-state index contributed by atoms with van der Waals surface area (Å²) in [6.07, 6.45) is 0.755. The van der Waals surface area contributed by atoms with E-state index in [0.29, 0.717) is 11.9 Å². The third kappa shape index (κ3) is 2.73. The maximum atomic E-state index is 5.09. The number of benzene rings is 1. The van der Waals surface area contributed by atoms with E-state index in [1.54, 1.807) is 7.11 Å². The molecule has 0 aliphatic heterocycles. The van der Waals surface area contributed by atoms with Crippen molar-refractivity contribution in [2.24, 2.45) is 0 Å². The van der Waals surface area contributed by atoms with Gasteiger partial charge in [-0.1, -0.05) is 34.1 Å². The zero-order valence-electron chi connectivity index (χ0n) is 9.64. The van der Waals surface area contributed by atoms with Gasteiger partial charge in [0.15, 0.2) is 0 Å². The van der Waals surface area contributed by atoms with Gasteiger partial charge in [-0.15, -0.1) is 10.2 Å². The van der Waals surface area contributed by atoms with Gasteiger partial charge in [0.25, 0.3) is 0 Å². The molecule has 0 aliphatic carbocycles. The molecule has 1 aromatic carbocycles. The molecule has 0 radical (unpaired) electrons. The Bertz CT molecular complexity index is 470. The highest BCUT2D eigenvalue weighted by molar-refractivity contribution is 9.08. The molecule has 0 spiro atoms. The van der Waals surface area contributed by atoms with Gasteiger partial charge in [-0.25, -0.2) is 0 Å². The second-order valence-electron chi connectivity index (χ2n) is 3.58. The second kappa shape index (κ2) is 5.93. The third-order valence-electron chi connectivity index (χ3n) is 2.46. The summed E-state index contributed by atoms with van der Waals surface area (Å²) in [5, 5.41) is 9.06. The number of hydrogen-bond acceptors (Lipinski definition) is 3. The lowest BCUT2D eigenvalue weighted by Crippen LogP contribution is -2.07. The maximum absolute atomic E-state index is 5.09. The minimum Gasteiger partial charge on any atom is -0.384 e. The van der Waals surface area contributed by atoms with Crippen LogP contribution in [-0.2, 0) is 16.5 Å². The zero-order valence-corrected chi connectivity index (χ0v) is 11.2. The molecule has 1 heterocycles. The highest BCUT2D eigenvalue weighted by Gasteiger charge is 2.12. The van der Waals surface area contributed by atoms with Crippen molar-refractivity contribution < 1.29 is 4.74 Å². The van der Waals surface area contributed by atoms with Gasteiger partial charge in [-0.05, 0) is 12.1 Å². The van der Waals surface area contributed by atoms with Crippen LogP contribution in [0.3, 0.4) is 0 Å². The van der Waals surface area contributed by atoms with E-state index < -0.39 is 0 Å². The van der Waals surface area contributed by atoms with E-state index in [4.69, 9.17) is 4.74 Å². The van der Waals surface area contributed by atoms with Crippen LogP contribution in [0.25, 0.3) is 5.69 Å². The summed E-state index contributed by atoms with van der Waals surface area (Å²) < 4.78 is 7.15. The van der Waals surface area contributed by atoms with Gasteiger partial charge in [0, 0.05) is 19.2 Å². The van der Waals surface area contributed by atoms with Crippen molar-refractivity contribution in [3.05, 3.63) is 42.0 Å². The van der Waals surface area contributed by atoms with Crippen molar-refractivity contribution in [3.63, 3.8) is 0 Å². The van der Waals surface area contributed by atoms with Crippen molar-refractivity contribution in [2.75, 3.05) is 13.7 Å². The largest absolute Gasteiger partial charge is 0.384 e. The number of nitrogens with zero attached hydrogens (tertiary/aromatic N) is 3. The van der Waals surface area contributed by atoms with E-state index in [9.17, 15) is 0 Å². The molecule has 0 fully saturated rings. The monoisotopic (exact) mass is 295 g/mol. The Morgan fingerprint density at radius 3 is 2.53 bits per heavy atom. The Hall–Kier alpha value is -1.20. The summed E-state index contributed by atoms with van der Waals surface area (Å²) in [4.78, 5) is 0. The smallest absolute Gasteiger partial charge is 0.148 e. The highest BCUT2D eigenvalue weighted by Crippen LogP contribution is 2.15. The molecule has 90 valence electrons. The van der Waals surface area contributed by atoms with Crippen LogP contribution >= 0.6 is 15.9 Å². The lowest BCUT2D eigenvalue weighted by molar-refractivity contribution is 0.200. The lowest BCUT2D eigenvalue weighted by Gasteiger charge is -2.08. The molecule has 2 aromatic rings. The van der Waals surface area contributed by atoms with Gasteiger partial charge in [0.2, 0.25) is 0 Å². The van der Waals surface area contributed by atoms with Crippen LogP contribution in [-0.4, -0.2) is 28.5 Å². The normalized spacial score (nSPS) is 10.7. The van der Waals surface area contributed by atoms with Crippen molar-refractivity contribution in [1.82, 2.24) is 14.8 Å². The molecule has 4 nitrogen and oxygen atoms in total. The standard InChI is InChI=1S/C12H14BrN3O/c1-17-8-7-11-14-15-12(9-13)16(11)10-5-3-2-4-6-10/h2-6H,7-9H2,1H3. The molecule has 17 heavy (non-hydrogen) atoms. The number of aromatic nitrogens is 3. The van der Waals surface area contributed by atoms with E-state index in [1.165, 1.54) is 0 Å². The van der Waals surface area contributed by atoms with E-state index >= 15 is 0 Å². The Labute approximate surface area is 109 Å². The first-order valence-corrected chi connectivity index (χ1v) is 6.52. The summed E-state index contributed by atoms with van der Waals surface area (Å²) in [7, 11) is 1.69. The average molecular weight is 296 g/mol. The van der Waals surface area contributed by atoms with Crippen LogP contribution in [0.15, 0.2) is 30.3 Å². The van der Waals surface area contributed by atoms with Gasteiger partial charge < -0.3 is 4.74 Å². The molecular weight excluding hydrogens is 282 g/mol. The molecule has 0 N–H and O–H groups in total. The molecule has 0 aliphatic rings. The van der Waals surface area contributed by atoms with Gasteiger partial charge >= 0.3 is 0 Å². The third-order valence-corrected chi connectivity index (χ3v) is 2.96. The van der Waals surface area contributed by atoms with Crippen molar-refractivity contribution in [2.45, 2.75) is 11.8 Å². The number of halogens is 1. The van der Waals surface area contributed by atoms with Crippen LogP contribution in [0.4, 0.5) is 0 Å². The molecule has 1 aromatic heterocycles. The van der Waals surface area contributed by atoms with E-state index in [0.717, 1.165) is 23.8 Å². The number of alkyl halides is 1. The fraction of sp³-hybridized carbons (Fsp3) is 0.333. The summed E-state index contributed by atoms with van der Waals surface area (Å²) in [6, 6.07) is 10.1. The predicted molar refractivity (Wildman–Crippen MR) is 69.6 cm³/mol. The first-order valence-electron chi connectivity index (χ1n) is 5.40.